The summed E-state index contributed by atoms with van der Waals surface area (Å²) in [5.74, 6) is -4.66. The van der Waals surface area contributed by atoms with E-state index in [9.17, 15) is 17.6 Å². The Morgan fingerprint density at radius 1 is 0.659 bits per heavy atom. The fourth-order valence-electron chi connectivity index (χ4n) is 5.51. The van der Waals surface area contributed by atoms with Gasteiger partial charge in [0.05, 0.1) is 13.2 Å². The predicted octanol–water partition coefficient (Wildman–Crippen LogP) is 10.4. The molecular weight excluding hydrogens is 535 g/mol. The number of ether oxygens (including phenoxy) is 2. The molecule has 0 heterocycles. The van der Waals surface area contributed by atoms with E-state index in [4.69, 9.17) is 9.47 Å². The molecule has 0 N–H and O–H groups in total. The average Bonchev–Trinajstić information content (AvgIpc) is 2.97. The summed E-state index contributed by atoms with van der Waals surface area (Å²) in [6.07, 6.45) is 9.35. The predicted molar refractivity (Wildman–Crippen MR) is 153 cm³/mol. The van der Waals surface area contributed by atoms with Gasteiger partial charge in [-0.1, -0.05) is 56.5 Å². The molecular formula is C34H37F5O2. The molecule has 0 spiro atoms. The molecule has 2 nitrogen and oxygen atoms in total. The summed E-state index contributed by atoms with van der Waals surface area (Å²) >= 11 is 0. The topological polar surface area (TPSA) is 18.5 Å². The van der Waals surface area contributed by atoms with Crippen LogP contribution in [0.3, 0.4) is 0 Å². The maximum Gasteiger partial charge on any atom is 0.201 e. The Hall–Kier alpha value is -3.35. The van der Waals surface area contributed by atoms with Crippen LogP contribution < -0.4 is 9.47 Å². The highest BCUT2D eigenvalue weighted by molar-refractivity contribution is 5.70. The first-order valence-electron chi connectivity index (χ1n) is 14.5. The van der Waals surface area contributed by atoms with Gasteiger partial charge in [0.2, 0.25) is 11.6 Å². The van der Waals surface area contributed by atoms with Crippen LogP contribution in [-0.4, -0.2) is 13.2 Å². The van der Waals surface area contributed by atoms with Crippen LogP contribution in [0.2, 0.25) is 0 Å². The molecule has 1 saturated carbocycles. The van der Waals surface area contributed by atoms with Crippen LogP contribution in [0.15, 0.2) is 42.5 Å². The molecule has 7 heteroatoms. The fraction of sp³-hybridized carbons (Fsp3) is 0.412. The minimum atomic E-state index is -1.03. The molecule has 220 valence electrons. The van der Waals surface area contributed by atoms with Crippen molar-refractivity contribution in [3.63, 3.8) is 0 Å². The Morgan fingerprint density at radius 3 is 1.98 bits per heavy atom. The number of unbranched alkanes of at least 4 members (excludes halogenated alkanes) is 3. The van der Waals surface area contributed by atoms with Crippen molar-refractivity contribution < 1.29 is 31.4 Å². The fourth-order valence-corrected chi connectivity index (χ4v) is 5.51. The van der Waals surface area contributed by atoms with Gasteiger partial charge in [-0.15, -0.1) is 0 Å². The first-order chi connectivity index (χ1) is 19.8. The molecule has 1 fully saturated rings. The maximum absolute atomic E-state index is 15.1. The lowest BCUT2D eigenvalue weighted by Gasteiger charge is -2.29. The summed E-state index contributed by atoms with van der Waals surface area (Å²) in [6, 6.07) is 10.7. The zero-order chi connectivity index (χ0) is 29.4. The number of rotatable bonds is 12. The third-order valence-corrected chi connectivity index (χ3v) is 7.80. The van der Waals surface area contributed by atoms with Crippen molar-refractivity contribution in [3.8, 4) is 11.5 Å². The standard InChI is InChI=1S/C34H37F5O2/c1-3-5-6-7-20-41-30-18-15-25(31(36)33(30)38)10-8-22-9-16-26(28(35)21-22)23-11-13-24(14-12-23)27-17-19-29(40-4-2)34(39)32(27)37/h8-10,15-19,21,23-24H,3-7,11-14,20H2,1-2H3/b10-8+. The minimum Gasteiger partial charge on any atom is -0.491 e. The van der Waals surface area contributed by atoms with E-state index in [1.165, 1.54) is 36.4 Å². The van der Waals surface area contributed by atoms with E-state index >= 15 is 4.39 Å². The zero-order valence-electron chi connectivity index (χ0n) is 23.6. The Bertz CT molecular complexity index is 1350. The van der Waals surface area contributed by atoms with Gasteiger partial charge in [-0.2, -0.15) is 8.78 Å². The molecule has 0 aromatic heterocycles. The summed E-state index contributed by atoms with van der Waals surface area (Å²) < 4.78 is 83.7. The number of hydrogen-bond donors (Lipinski definition) is 0. The summed E-state index contributed by atoms with van der Waals surface area (Å²) in [5.41, 5.74) is 1.46. The number of hydrogen-bond acceptors (Lipinski definition) is 2. The van der Waals surface area contributed by atoms with Gasteiger partial charge < -0.3 is 9.47 Å². The SMILES string of the molecule is CCCCCCOc1ccc(/C=C/c2ccc(C3CCC(c4ccc(OCC)c(F)c4F)CC3)c(F)c2)c(F)c1F. The molecule has 0 unspecified atom stereocenters. The van der Waals surface area contributed by atoms with Crippen LogP contribution in [0.1, 0.15) is 99.3 Å². The molecule has 0 atom stereocenters. The van der Waals surface area contributed by atoms with Crippen molar-refractivity contribution >= 4 is 12.2 Å². The monoisotopic (exact) mass is 572 g/mol. The van der Waals surface area contributed by atoms with Crippen LogP contribution in [0, 0.1) is 29.1 Å². The number of benzene rings is 3. The van der Waals surface area contributed by atoms with Gasteiger partial charge in [0.25, 0.3) is 0 Å². The summed E-state index contributed by atoms with van der Waals surface area (Å²) in [7, 11) is 0. The summed E-state index contributed by atoms with van der Waals surface area (Å²) in [6.45, 7) is 4.38. The average molecular weight is 573 g/mol. The van der Waals surface area contributed by atoms with Crippen molar-refractivity contribution in [3.05, 3.63) is 93.8 Å². The highest BCUT2D eigenvalue weighted by Gasteiger charge is 2.28. The van der Waals surface area contributed by atoms with Gasteiger partial charge in [0, 0.05) is 5.56 Å². The summed E-state index contributed by atoms with van der Waals surface area (Å²) in [5, 5.41) is 0. The van der Waals surface area contributed by atoms with E-state index < -0.39 is 23.3 Å². The van der Waals surface area contributed by atoms with Crippen molar-refractivity contribution in [1.82, 2.24) is 0 Å². The second-order valence-electron chi connectivity index (χ2n) is 10.6. The quantitative estimate of drug-likeness (QED) is 0.122. The smallest absolute Gasteiger partial charge is 0.201 e. The molecule has 0 aliphatic heterocycles. The highest BCUT2D eigenvalue weighted by Crippen LogP contribution is 2.43. The van der Waals surface area contributed by atoms with Crippen molar-refractivity contribution in [2.24, 2.45) is 0 Å². The van der Waals surface area contributed by atoms with E-state index in [1.54, 1.807) is 25.1 Å². The van der Waals surface area contributed by atoms with Gasteiger partial charge >= 0.3 is 0 Å². The third kappa shape index (κ3) is 7.49. The van der Waals surface area contributed by atoms with Gasteiger partial charge in [-0.05, 0) is 91.8 Å². The lowest BCUT2D eigenvalue weighted by atomic mass is 9.76. The van der Waals surface area contributed by atoms with E-state index in [0.29, 0.717) is 49.0 Å². The molecule has 0 radical (unpaired) electrons. The molecule has 0 saturated heterocycles. The van der Waals surface area contributed by atoms with Gasteiger partial charge in [0.1, 0.15) is 5.82 Å². The van der Waals surface area contributed by atoms with Gasteiger partial charge in [-0.3, -0.25) is 0 Å². The van der Waals surface area contributed by atoms with Gasteiger partial charge in [0.15, 0.2) is 23.1 Å². The van der Waals surface area contributed by atoms with E-state index in [2.05, 4.69) is 6.92 Å². The first-order valence-corrected chi connectivity index (χ1v) is 14.5. The number of halogens is 5. The molecule has 4 rings (SSSR count). The van der Waals surface area contributed by atoms with Crippen molar-refractivity contribution in [2.75, 3.05) is 13.2 Å². The van der Waals surface area contributed by atoms with Gasteiger partial charge in [-0.25, -0.2) is 13.2 Å². The molecule has 1 aliphatic carbocycles. The molecule has 0 amide bonds. The Balaban J connectivity index is 1.37. The molecule has 1 aliphatic rings. The normalized spacial score (nSPS) is 17.2. The second-order valence-corrected chi connectivity index (χ2v) is 10.6. The van der Waals surface area contributed by atoms with Crippen molar-refractivity contribution in [2.45, 2.75) is 77.0 Å². The molecule has 3 aromatic rings. The van der Waals surface area contributed by atoms with Crippen LogP contribution in [0.5, 0.6) is 11.5 Å². The summed E-state index contributed by atoms with van der Waals surface area (Å²) in [4.78, 5) is 0. The molecule has 3 aromatic carbocycles. The Morgan fingerprint density at radius 2 is 1.29 bits per heavy atom. The lowest BCUT2D eigenvalue weighted by Crippen LogP contribution is -2.15. The molecule has 41 heavy (non-hydrogen) atoms. The minimum absolute atomic E-state index is 0.0408. The highest BCUT2D eigenvalue weighted by atomic mass is 19.2. The largest absolute Gasteiger partial charge is 0.491 e. The van der Waals surface area contributed by atoms with Crippen LogP contribution in [0.4, 0.5) is 22.0 Å². The second kappa shape index (κ2) is 14.5. The zero-order valence-corrected chi connectivity index (χ0v) is 23.6. The van der Waals surface area contributed by atoms with E-state index in [-0.39, 0.29) is 41.3 Å². The van der Waals surface area contributed by atoms with Crippen LogP contribution >= 0.6 is 0 Å². The third-order valence-electron chi connectivity index (χ3n) is 7.80. The van der Waals surface area contributed by atoms with Crippen LogP contribution in [0.25, 0.3) is 12.2 Å². The lowest BCUT2D eigenvalue weighted by molar-refractivity contribution is 0.285. The Kier molecular flexibility index (Phi) is 10.8. The molecule has 0 bridgehead atoms. The van der Waals surface area contributed by atoms with E-state index in [1.807, 2.05) is 0 Å². The van der Waals surface area contributed by atoms with Crippen molar-refractivity contribution in [1.29, 1.82) is 0 Å². The Labute approximate surface area is 239 Å². The maximum atomic E-state index is 15.1. The first kappa shape index (κ1) is 30.6. The van der Waals surface area contributed by atoms with Crippen LogP contribution in [-0.2, 0) is 0 Å². The van der Waals surface area contributed by atoms with E-state index in [0.717, 1.165) is 25.7 Å².